The van der Waals surface area contributed by atoms with Crippen LogP contribution in [0.4, 0.5) is 4.39 Å². The average molecular weight is 199 g/mol. The predicted octanol–water partition coefficient (Wildman–Crippen LogP) is 2.34. The molecule has 1 aromatic carbocycles. The largest absolute Gasteiger partial charge is 0.313 e. The molecule has 0 saturated carbocycles. The standard InChI is InChI=1S/C10H14FNS/c11-6-7-12-8-9-13-10-4-2-1-3-5-10/h1-5,12H,6-9H2. The van der Waals surface area contributed by atoms with Gasteiger partial charge in [0, 0.05) is 23.7 Å². The molecule has 0 aliphatic heterocycles. The third kappa shape index (κ3) is 4.90. The summed E-state index contributed by atoms with van der Waals surface area (Å²) in [6.07, 6.45) is 0. The summed E-state index contributed by atoms with van der Waals surface area (Å²) in [5.74, 6) is 0.990. The van der Waals surface area contributed by atoms with E-state index in [-0.39, 0.29) is 6.67 Å². The zero-order valence-electron chi connectivity index (χ0n) is 7.50. The van der Waals surface area contributed by atoms with Gasteiger partial charge in [-0.2, -0.15) is 0 Å². The number of hydrogen-bond donors (Lipinski definition) is 1. The first kappa shape index (κ1) is 10.5. The molecule has 0 heterocycles. The molecule has 0 fully saturated rings. The molecule has 0 amide bonds. The van der Waals surface area contributed by atoms with Gasteiger partial charge in [-0.15, -0.1) is 11.8 Å². The molecule has 0 atom stereocenters. The highest BCUT2D eigenvalue weighted by atomic mass is 32.2. The molecule has 1 nitrogen and oxygen atoms in total. The van der Waals surface area contributed by atoms with Crippen molar-refractivity contribution in [3.63, 3.8) is 0 Å². The molecule has 0 radical (unpaired) electrons. The van der Waals surface area contributed by atoms with E-state index < -0.39 is 0 Å². The predicted molar refractivity (Wildman–Crippen MR) is 56.0 cm³/mol. The van der Waals surface area contributed by atoms with Crippen LogP contribution in [-0.4, -0.2) is 25.5 Å². The van der Waals surface area contributed by atoms with Crippen LogP contribution in [0.3, 0.4) is 0 Å². The van der Waals surface area contributed by atoms with Crippen molar-refractivity contribution in [2.75, 3.05) is 25.5 Å². The summed E-state index contributed by atoms with van der Waals surface area (Å²) >= 11 is 1.79. The Morgan fingerprint density at radius 1 is 1.15 bits per heavy atom. The van der Waals surface area contributed by atoms with Crippen molar-refractivity contribution in [3.8, 4) is 0 Å². The third-order valence-corrected chi connectivity index (χ3v) is 2.58. The Morgan fingerprint density at radius 2 is 1.92 bits per heavy atom. The summed E-state index contributed by atoms with van der Waals surface area (Å²) in [7, 11) is 0. The van der Waals surface area contributed by atoms with E-state index in [0.29, 0.717) is 6.54 Å². The highest BCUT2D eigenvalue weighted by Gasteiger charge is 1.91. The van der Waals surface area contributed by atoms with Gasteiger partial charge in [0.05, 0.1) is 0 Å². The molecule has 0 aromatic heterocycles. The normalized spacial score (nSPS) is 10.2. The van der Waals surface area contributed by atoms with Crippen molar-refractivity contribution in [1.82, 2.24) is 5.32 Å². The van der Waals surface area contributed by atoms with Crippen LogP contribution in [0, 0.1) is 0 Å². The lowest BCUT2D eigenvalue weighted by molar-refractivity contribution is 0.472. The summed E-state index contributed by atoms with van der Waals surface area (Å²) in [4.78, 5) is 1.27. The number of halogens is 1. The van der Waals surface area contributed by atoms with Crippen molar-refractivity contribution in [3.05, 3.63) is 30.3 Å². The molecule has 1 N–H and O–H groups in total. The maximum atomic E-state index is 11.7. The third-order valence-electron chi connectivity index (χ3n) is 1.56. The van der Waals surface area contributed by atoms with E-state index in [1.165, 1.54) is 4.90 Å². The van der Waals surface area contributed by atoms with Crippen LogP contribution >= 0.6 is 11.8 Å². The number of thioether (sulfide) groups is 1. The Hall–Kier alpha value is -0.540. The van der Waals surface area contributed by atoms with Gasteiger partial charge in [-0.25, -0.2) is 4.39 Å². The molecule has 3 heteroatoms. The maximum absolute atomic E-state index is 11.7. The summed E-state index contributed by atoms with van der Waals surface area (Å²) in [5, 5.41) is 3.01. The molecule has 0 saturated heterocycles. The molecule has 1 rings (SSSR count). The second-order valence-corrected chi connectivity index (χ2v) is 3.77. The Labute approximate surface area is 82.7 Å². The van der Waals surface area contributed by atoms with Crippen LogP contribution in [0.2, 0.25) is 0 Å². The first-order valence-electron chi connectivity index (χ1n) is 4.38. The van der Waals surface area contributed by atoms with Gasteiger partial charge in [-0.05, 0) is 12.1 Å². The molecular weight excluding hydrogens is 185 g/mol. The smallest absolute Gasteiger partial charge is 0.102 e. The second kappa shape index (κ2) is 6.92. The molecule has 0 aliphatic rings. The van der Waals surface area contributed by atoms with E-state index in [1.54, 1.807) is 11.8 Å². The van der Waals surface area contributed by atoms with Gasteiger partial charge in [0.25, 0.3) is 0 Å². The zero-order chi connectivity index (χ0) is 9.36. The van der Waals surface area contributed by atoms with E-state index in [0.717, 1.165) is 12.3 Å². The molecule has 0 bridgehead atoms. The average Bonchev–Trinajstić information content (AvgIpc) is 2.19. The first-order valence-corrected chi connectivity index (χ1v) is 5.36. The van der Waals surface area contributed by atoms with Crippen LogP contribution in [0.5, 0.6) is 0 Å². The highest BCUT2D eigenvalue weighted by molar-refractivity contribution is 7.99. The Kier molecular flexibility index (Phi) is 5.61. The van der Waals surface area contributed by atoms with E-state index in [1.807, 2.05) is 18.2 Å². The van der Waals surface area contributed by atoms with Crippen molar-refractivity contribution < 1.29 is 4.39 Å². The van der Waals surface area contributed by atoms with Gasteiger partial charge in [-0.1, -0.05) is 18.2 Å². The minimum absolute atomic E-state index is 0.282. The van der Waals surface area contributed by atoms with Crippen molar-refractivity contribution in [2.45, 2.75) is 4.90 Å². The summed E-state index contributed by atoms with van der Waals surface area (Å²) in [5.41, 5.74) is 0. The topological polar surface area (TPSA) is 12.0 Å². The Balaban J connectivity index is 2.07. The lowest BCUT2D eigenvalue weighted by Crippen LogP contribution is -2.19. The summed E-state index contributed by atoms with van der Waals surface area (Å²) < 4.78 is 11.7. The fourth-order valence-electron chi connectivity index (χ4n) is 0.950. The molecular formula is C10H14FNS. The van der Waals surface area contributed by atoms with E-state index >= 15 is 0 Å². The second-order valence-electron chi connectivity index (χ2n) is 2.60. The minimum Gasteiger partial charge on any atom is -0.313 e. The molecule has 0 spiro atoms. The number of benzene rings is 1. The fourth-order valence-corrected chi connectivity index (χ4v) is 1.78. The Morgan fingerprint density at radius 3 is 2.62 bits per heavy atom. The monoisotopic (exact) mass is 199 g/mol. The lowest BCUT2D eigenvalue weighted by Gasteiger charge is -2.01. The van der Waals surface area contributed by atoms with Crippen LogP contribution in [0.25, 0.3) is 0 Å². The van der Waals surface area contributed by atoms with Gasteiger partial charge in [0.1, 0.15) is 6.67 Å². The van der Waals surface area contributed by atoms with Gasteiger partial charge in [0.15, 0.2) is 0 Å². The molecule has 1 aromatic rings. The van der Waals surface area contributed by atoms with Crippen LogP contribution < -0.4 is 5.32 Å². The number of nitrogens with one attached hydrogen (secondary N) is 1. The number of hydrogen-bond acceptors (Lipinski definition) is 2. The van der Waals surface area contributed by atoms with Gasteiger partial charge in [0.2, 0.25) is 0 Å². The lowest BCUT2D eigenvalue weighted by atomic mass is 10.4. The van der Waals surface area contributed by atoms with Crippen molar-refractivity contribution in [2.24, 2.45) is 0 Å². The first-order chi connectivity index (χ1) is 6.43. The van der Waals surface area contributed by atoms with Gasteiger partial charge in [-0.3, -0.25) is 0 Å². The molecule has 0 unspecified atom stereocenters. The minimum atomic E-state index is -0.282. The SMILES string of the molecule is FCCNCCSc1ccccc1. The zero-order valence-corrected chi connectivity index (χ0v) is 8.32. The molecule has 72 valence electrons. The molecule has 0 aliphatic carbocycles. The van der Waals surface area contributed by atoms with E-state index in [9.17, 15) is 4.39 Å². The van der Waals surface area contributed by atoms with E-state index in [4.69, 9.17) is 0 Å². The summed E-state index contributed by atoms with van der Waals surface area (Å²) in [6, 6.07) is 10.2. The van der Waals surface area contributed by atoms with Crippen LogP contribution in [0.15, 0.2) is 35.2 Å². The van der Waals surface area contributed by atoms with Gasteiger partial charge < -0.3 is 5.32 Å². The highest BCUT2D eigenvalue weighted by Crippen LogP contribution is 2.15. The number of alkyl halides is 1. The van der Waals surface area contributed by atoms with Crippen LogP contribution in [0.1, 0.15) is 0 Å². The fraction of sp³-hybridized carbons (Fsp3) is 0.400. The van der Waals surface area contributed by atoms with Crippen molar-refractivity contribution >= 4 is 11.8 Å². The summed E-state index contributed by atoms with van der Waals surface area (Å²) in [6.45, 7) is 1.05. The number of rotatable bonds is 6. The van der Waals surface area contributed by atoms with Crippen molar-refractivity contribution in [1.29, 1.82) is 0 Å². The van der Waals surface area contributed by atoms with Crippen LogP contribution in [-0.2, 0) is 0 Å². The maximum Gasteiger partial charge on any atom is 0.102 e. The Bertz CT molecular complexity index is 215. The quantitative estimate of drug-likeness (QED) is 0.557. The van der Waals surface area contributed by atoms with Gasteiger partial charge >= 0.3 is 0 Å². The van der Waals surface area contributed by atoms with E-state index in [2.05, 4.69) is 17.4 Å². The molecule has 13 heavy (non-hydrogen) atoms.